The van der Waals surface area contributed by atoms with Gasteiger partial charge in [-0.25, -0.2) is 4.79 Å². The Balaban J connectivity index is 2.10. The zero-order valence-electron chi connectivity index (χ0n) is 12.9. The van der Waals surface area contributed by atoms with Gasteiger partial charge in [0.1, 0.15) is 5.75 Å². The van der Waals surface area contributed by atoms with Crippen LogP contribution in [-0.2, 0) is 0 Å². The Morgan fingerprint density at radius 1 is 1.33 bits per heavy atom. The van der Waals surface area contributed by atoms with E-state index < -0.39 is 6.09 Å². The van der Waals surface area contributed by atoms with Gasteiger partial charge in [0, 0.05) is 18.5 Å². The van der Waals surface area contributed by atoms with Crippen LogP contribution in [0.3, 0.4) is 0 Å². The SMILES string of the molecule is CC(C)(C)C1C2c3ccccc3OCCC2CN1C(=O)O. The van der Waals surface area contributed by atoms with Gasteiger partial charge in [-0.3, -0.25) is 0 Å². The number of amides is 1. The number of hydrogen-bond donors (Lipinski definition) is 1. The number of carboxylic acid groups (broad SMARTS) is 1. The molecule has 1 aromatic rings. The summed E-state index contributed by atoms with van der Waals surface area (Å²) < 4.78 is 5.88. The summed E-state index contributed by atoms with van der Waals surface area (Å²) in [5, 5.41) is 9.61. The van der Waals surface area contributed by atoms with E-state index >= 15 is 0 Å². The van der Waals surface area contributed by atoms with Crippen LogP contribution in [0.15, 0.2) is 24.3 Å². The predicted octanol–water partition coefficient (Wildman–Crippen LogP) is 3.58. The molecule has 0 bridgehead atoms. The van der Waals surface area contributed by atoms with Gasteiger partial charge in [-0.15, -0.1) is 0 Å². The molecule has 3 unspecified atom stereocenters. The van der Waals surface area contributed by atoms with Crippen molar-refractivity contribution >= 4 is 6.09 Å². The molecular weight excluding hydrogens is 266 g/mol. The average Bonchev–Trinajstić information content (AvgIpc) is 2.71. The van der Waals surface area contributed by atoms with Crippen molar-refractivity contribution in [2.75, 3.05) is 13.2 Å². The summed E-state index contributed by atoms with van der Waals surface area (Å²) in [6.45, 7) is 7.67. The molecule has 0 aromatic heterocycles. The van der Waals surface area contributed by atoms with Crippen LogP contribution in [0.5, 0.6) is 5.75 Å². The molecule has 0 spiro atoms. The lowest BCUT2D eigenvalue weighted by Crippen LogP contribution is -2.44. The molecule has 2 aliphatic rings. The molecule has 1 N–H and O–H groups in total. The first kappa shape index (κ1) is 14.2. The van der Waals surface area contributed by atoms with E-state index in [9.17, 15) is 9.90 Å². The van der Waals surface area contributed by atoms with Gasteiger partial charge < -0.3 is 14.7 Å². The third-order valence-corrected chi connectivity index (χ3v) is 4.77. The van der Waals surface area contributed by atoms with Crippen molar-refractivity contribution < 1.29 is 14.6 Å². The third-order valence-electron chi connectivity index (χ3n) is 4.77. The van der Waals surface area contributed by atoms with Gasteiger partial charge in [-0.1, -0.05) is 39.0 Å². The van der Waals surface area contributed by atoms with E-state index in [1.807, 2.05) is 18.2 Å². The Hall–Kier alpha value is -1.71. The van der Waals surface area contributed by atoms with Crippen LogP contribution >= 0.6 is 0 Å². The Labute approximate surface area is 125 Å². The van der Waals surface area contributed by atoms with E-state index in [0.717, 1.165) is 12.2 Å². The van der Waals surface area contributed by atoms with Crippen LogP contribution in [0.25, 0.3) is 0 Å². The van der Waals surface area contributed by atoms with Crippen LogP contribution in [-0.4, -0.2) is 35.3 Å². The maximum absolute atomic E-state index is 11.7. The van der Waals surface area contributed by atoms with Crippen molar-refractivity contribution in [2.24, 2.45) is 11.3 Å². The summed E-state index contributed by atoms with van der Waals surface area (Å²) in [6.07, 6.45) is 0.108. The van der Waals surface area contributed by atoms with Crippen molar-refractivity contribution in [3.63, 3.8) is 0 Å². The number of fused-ring (bicyclic) bond motifs is 3. The van der Waals surface area contributed by atoms with Gasteiger partial charge in [0.25, 0.3) is 0 Å². The maximum atomic E-state index is 11.7. The van der Waals surface area contributed by atoms with Crippen molar-refractivity contribution in [1.82, 2.24) is 4.90 Å². The van der Waals surface area contributed by atoms with Gasteiger partial charge in [-0.2, -0.15) is 0 Å². The fourth-order valence-corrected chi connectivity index (χ4v) is 4.04. The minimum Gasteiger partial charge on any atom is -0.493 e. The highest BCUT2D eigenvalue weighted by Crippen LogP contribution is 2.50. The second-order valence-electron chi connectivity index (χ2n) is 7.21. The molecule has 0 saturated carbocycles. The average molecular weight is 289 g/mol. The number of nitrogens with zero attached hydrogens (tertiary/aromatic N) is 1. The highest BCUT2D eigenvalue weighted by Gasteiger charge is 2.50. The van der Waals surface area contributed by atoms with Crippen molar-refractivity contribution in [2.45, 2.75) is 39.2 Å². The minimum atomic E-state index is -0.804. The molecular formula is C17H23NO3. The largest absolute Gasteiger partial charge is 0.493 e. The minimum absolute atomic E-state index is 0.0113. The second kappa shape index (κ2) is 4.93. The van der Waals surface area contributed by atoms with Gasteiger partial charge in [0.15, 0.2) is 0 Å². The molecule has 1 saturated heterocycles. The summed E-state index contributed by atoms with van der Waals surface area (Å²) in [5.41, 5.74) is 1.07. The van der Waals surface area contributed by atoms with Gasteiger partial charge in [0.2, 0.25) is 0 Å². The van der Waals surface area contributed by atoms with Gasteiger partial charge in [-0.05, 0) is 29.4 Å². The van der Waals surface area contributed by atoms with E-state index in [1.165, 1.54) is 5.56 Å². The first-order chi connectivity index (χ1) is 9.89. The van der Waals surface area contributed by atoms with Crippen molar-refractivity contribution in [3.05, 3.63) is 29.8 Å². The van der Waals surface area contributed by atoms with Crippen LogP contribution < -0.4 is 4.74 Å². The Morgan fingerprint density at radius 2 is 2.05 bits per heavy atom. The second-order valence-corrected chi connectivity index (χ2v) is 7.21. The molecule has 2 aliphatic heterocycles. The molecule has 0 radical (unpaired) electrons. The first-order valence-electron chi connectivity index (χ1n) is 7.61. The molecule has 1 amide bonds. The van der Waals surface area contributed by atoms with Gasteiger partial charge in [0.05, 0.1) is 6.61 Å². The first-order valence-corrected chi connectivity index (χ1v) is 7.61. The Kier molecular flexibility index (Phi) is 3.34. The fourth-order valence-electron chi connectivity index (χ4n) is 4.04. The number of ether oxygens (including phenoxy) is 1. The van der Waals surface area contributed by atoms with Crippen molar-refractivity contribution in [3.8, 4) is 5.75 Å². The summed E-state index contributed by atoms with van der Waals surface area (Å²) in [6, 6.07) is 8.09. The molecule has 21 heavy (non-hydrogen) atoms. The molecule has 0 aliphatic carbocycles. The number of likely N-dealkylation sites (tertiary alicyclic amines) is 1. The Morgan fingerprint density at radius 3 is 2.71 bits per heavy atom. The number of rotatable bonds is 0. The standard InChI is InChI=1S/C17H23NO3/c1-17(2,3)15-14-11(10-18(15)16(19)20)8-9-21-13-7-5-4-6-12(13)14/h4-7,11,14-15H,8-10H2,1-3H3,(H,19,20). The summed E-state index contributed by atoms with van der Waals surface area (Å²) in [5.74, 6) is 1.49. The molecule has 114 valence electrons. The van der Waals surface area contributed by atoms with Gasteiger partial charge >= 0.3 is 6.09 Å². The zero-order valence-corrected chi connectivity index (χ0v) is 12.9. The molecule has 2 heterocycles. The number of carbonyl (C=O) groups is 1. The van der Waals surface area contributed by atoms with Crippen LogP contribution in [0.4, 0.5) is 4.79 Å². The van der Waals surface area contributed by atoms with E-state index in [4.69, 9.17) is 4.74 Å². The fraction of sp³-hybridized carbons (Fsp3) is 0.588. The third kappa shape index (κ3) is 2.37. The van der Waals surface area contributed by atoms with E-state index in [1.54, 1.807) is 4.90 Å². The summed E-state index contributed by atoms with van der Waals surface area (Å²) in [4.78, 5) is 13.3. The normalized spacial score (nSPS) is 28.3. The van der Waals surface area contributed by atoms with Crippen molar-refractivity contribution in [1.29, 1.82) is 0 Å². The number of para-hydroxylation sites is 1. The predicted molar refractivity (Wildman–Crippen MR) is 80.8 cm³/mol. The maximum Gasteiger partial charge on any atom is 0.407 e. The molecule has 1 fully saturated rings. The monoisotopic (exact) mass is 289 g/mol. The lowest BCUT2D eigenvalue weighted by Gasteiger charge is -2.37. The summed E-state index contributed by atoms with van der Waals surface area (Å²) >= 11 is 0. The lowest BCUT2D eigenvalue weighted by molar-refractivity contribution is 0.101. The number of benzene rings is 1. The number of hydrogen-bond acceptors (Lipinski definition) is 2. The highest BCUT2D eigenvalue weighted by atomic mass is 16.5. The Bertz CT molecular complexity index is 549. The van der Waals surface area contributed by atoms with Crippen LogP contribution in [0, 0.1) is 11.3 Å². The van der Waals surface area contributed by atoms with E-state index in [0.29, 0.717) is 19.1 Å². The quantitative estimate of drug-likeness (QED) is 0.794. The molecule has 3 rings (SSSR count). The van der Waals surface area contributed by atoms with Crippen LogP contribution in [0.2, 0.25) is 0 Å². The summed E-state index contributed by atoms with van der Waals surface area (Å²) in [7, 11) is 0. The lowest BCUT2D eigenvalue weighted by atomic mass is 9.73. The smallest absolute Gasteiger partial charge is 0.407 e. The molecule has 1 aromatic carbocycles. The molecule has 4 nitrogen and oxygen atoms in total. The van der Waals surface area contributed by atoms with Crippen LogP contribution in [0.1, 0.15) is 38.7 Å². The van der Waals surface area contributed by atoms with E-state index in [2.05, 4.69) is 26.8 Å². The zero-order chi connectivity index (χ0) is 15.2. The highest BCUT2D eigenvalue weighted by molar-refractivity contribution is 5.67. The molecule has 4 heteroatoms. The van der Waals surface area contributed by atoms with E-state index in [-0.39, 0.29) is 17.4 Å². The topological polar surface area (TPSA) is 49.8 Å². The molecule has 3 atom stereocenters.